The Labute approximate surface area is 117 Å². The smallest absolute Gasteiger partial charge is 0.0585 e. The first-order valence-corrected chi connectivity index (χ1v) is 7.29. The van der Waals surface area contributed by atoms with Crippen LogP contribution in [0.1, 0.15) is 57.6 Å². The van der Waals surface area contributed by atoms with Crippen molar-refractivity contribution < 1.29 is 4.74 Å². The van der Waals surface area contributed by atoms with Gasteiger partial charge in [0.1, 0.15) is 0 Å². The molecule has 0 unspecified atom stereocenters. The Morgan fingerprint density at radius 2 is 1.79 bits per heavy atom. The third kappa shape index (κ3) is 3.37. The fourth-order valence-corrected chi connectivity index (χ4v) is 2.59. The molecule has 0 radical (unpaired) electrons. The lowest BCUT2D eigenvalue weighted by molar-refractivity contribution is -0.0669. The Kier molecular flexibility index (Phi) is 4.03. The second-order valence-electron chi connectivity index (χ2n) is 7.04. The standard InChI is InChI=1S/C17H27NO/c1-13(2)14-5-7-15(8-6-14)17(11-19-12-17)10-9-16(3,4)18/h5-8,13H,9-12,18H2,1-4H3. The molecule has 1 saturated heterocycles. The van der Waals surface area contributed by atoms with Gasteiger partial charge >= 0.3 is 0 Å². The summed E-state index contributed by atoms with van der Waals surface area (Å²) in [5.74, 6) is 0.589. The minimum absolute atomic E-state index is 0.0968. The van der Waals surface area contributed by atoms with Crippen LogP contribution in [0.4, 0.5) is 0 Å². The fraction of sp³-hybridized carbons (Fsp3) is 0.647. The summed E-state index contributed by atoms with van der Waals surface area (Å²) in [6.07, 6.45) is 2.14. The van der Waals surface area contributed by atoms with Crippen molar-refractivity contribution in [3.8, 4) is 0 Å². The third-order valence-corrected chi connectivity index (χ3v) is 4.19. The molecule has 1 fully saturated rings. The Bertz CT molecular complexity index is 410. The Morgan fingerprint density at radius 1 is 1.21 bits per heavy atom. The molecule has 2 N–H and O–H groups in total. The second kappa shape index (κ2) is 5.26. The summed E-state index contributed by atoms with van der Waals surface area (Å²) in [4.78, 5) is 0. The fourth-order valence-electron chi connectivity index (χ4n) is 2.59. The topological polar surface area (TPSA) is 35.2 Å². The van der Waals surface area contributed by atoms with E-state index in [2.05, 4.69) is 52.0 Å². The maximum Gasteiger partial charge on any atom is 0.0585 e. The van der Waals surface area contributed by atoms with Gasteiger partial charge in [0, 0.05) is 11.0 Å². The van der Waals surface area contributed by atoms with E-state index in [1.165, 1.54) is 11.1 Å². The molecular weight excluding hydrogens is 234 g/mol. The molecule has 0 aromatic heterocycles. The highest BCUT2D eigenvalue weighted by atomic mass is 16.5. The second-order valence-corrected chi connectivity index (χ2v) is 7.04. The van der Waals surface area contributed by atoms with Crippen LogP contribution in [0.2, 0.25) is 0 Å². The van der Waals surface area contributed by atoms with Crippen molar-refractivity contribution in [3.05, 3.63) is 35.4 Å². The van der Waals surface area contributed by atoms with Gasteiger partial charge in [0.25, 0.3) is 0 Å². The van der Waals surface area contributed by atoms with Crippen LogP contribution in [0.5, 0.6) is 0 Å². The number of hydrogen-bond donors (Lipinski definition) is 1. The predicted octanol–water partition coefficient (Wildman–Crippen LogP) is 3.60. The molecule has 0 atom stereocenters. The largest absolute Gasteiger partial charge is 0.379 e. The molecule has 1 aromatic rings. The van der Waals surface area contributed by atoms with Gasteiger partial charge < -0.3 is 10.5 Å². The van der Waals surface area contributed by atoms with Crippen molar-refractivity contribution in [3.63, 3.8) is 0 Å². The zero-order valence-corrected chi connectivity index (χ0v) is 12.7. The van der Waals surface area contributed by atoms with Gasteiger partial charge in [-0.05, 0) is 43.7 Å². The molecule has 1 heterocycles. The first kappa shape index (κ1) is 14.5. The zero-order chi connectivity index (χ0) is 14.1. The van der Waals surface area contributed by atoms with Crippen LogP contribution in [-0.2, 0) is 10.2 Å². The molecule has 1 aromatic carbocycles. The maximum atomic E-state index is 6.12. The van der Waals surface area contributed by atoms with E-state index in [1.807, 2.05) is 0 Å². The SMILES string of the molecule is CC(C)c1ccc(C2(CCC(C)(C)N)COC2)cc1. The van der Waals surface area contributed by atoms with E-state index in [9.17, 15) is 0 Å². The molecule has 1 aliphatic rings. The van der Waals surface area contributed by atoms with Crippen LogP contribution >= 0.6 is 0 Å². The van der Waals surface area contributed by atoms with Crippen LogP contribution in [0.15, 0.2) is 24.3 Å². The summed E-state index contributed by atoms with van der Waals surface area (Å²) in [6.45, 7) is 10.3. The van der Waals surface area contributed by atoms with E-state index in [1.54, 1.807) is 0 Å². The van der Waals surface area contributed by atoms with Crippen molar-refractivity contribution in [1.29, 1.82) is 0 Å². The van der Waals surface area contributed by atoms with Crippen molar-refractivity contribution in [1.82, 2.24) is 0 Å². The average molecular weight is 261 g/mol. The van der Waals surface area contributed by atoms with Gasteiger partial charge in [-0.1, -0.05) is 38.1 Å². The first-order valence-electron chi connectivity index (χ1n) is 7.29. The number of nitrogens with two attached hydrogens (primary N) is 1. The molecule has 0 bridgehead atoms. The van der Waals surface area contributed by atoms with E-state index in [0.717, 1.165) is 26.1 Å². The van der Waals surface area contributed by atoms with Crippen LogP contribution in [-0.4, -0.2) is 18.8 Å². The zero-order valence-electron chi connectivity index (χ0n) is 12.7. The van der Waals surface area contributed by atoms with E-state index >= 15 is 0 Å². The molecule has 1 aliphatic heterocycles. The van der Waals surface area contributed by atoms with Gasteiger partial charge in [-0.25, -0.2) is 0 Å². The summed E-state index contributed by atoms with van der Waals surface area (Å²) in [5.41, 5.74) is 9.04. The lowest BCUT2D eigenvalue weighted by Gasteiger charge is -2.43. The quantitative estimate of drug-likeness (QED) is 0.879. The monoisotopic (exact) mass is 261 g/mol. The van der Waals surface area contributed by atoms with Crippen molar-refractivity contribution in [2.24, 2.45) is 5.73 Å². The van der Waals surface area contributed by atoms with Gasteiger partial charge in [-0.3, -0.25) is 0 Å². The summed E-state index contributed by atoms with van der Waals surface area (Å²) < 4.78 is 5.49. The highest BCUT2D eigenvalue weighted by Crippen LogP contribution is 2.38. The van der Waals surface area contributed by atoms with Gasteiger partial charge in [-0.15, -0.1) is 0 Å². The van der Waals surface area contributed by atoms with Gasteiger partial charge in [0.2, 0.25) is 0 Å². The van der Waals surface area contributed by atoms with Crippen molar-refractivity contribution in [2.75, 3.05) is 13.2 Å². The third-order valence-electron chi connectivity index (χ3n) is 4.19. The molecule has 2 nitrogen and oxygen atoms in total. The van der Waals surface area contributed by atoms with Gasteiger partial charge in [0.15, 0.2) is 0 Å². The molecule has 2 rings (SSSR count). The Hall–Kier alpha value is -0.860. The van der Waals surface area contributed by atoms with Crippen LogP contribution in [0, 0.1) is 0 Å². The Balaban J connectivity index is 2.12. The van der Waals surface area contributed by atoms with Crippen LogP contribution in [0.3, 0.4) is 0 Å². The lowest BCUT2D eigenvalue weighted by atomic mass is 9.73. The summed E-state index contributed by atoms with van der Waals surface area (Å²) in [7, 11) is 0. The van der Waals surface area contributed by atoms with Gasteiger partial charge in [-0.2, -0.15) is 0 Å². The van der Waals surface area contributed by atoms with E-state index in [0.29, 0.717) is 5.92 Å². The predicted molar refractivity (Wildman–Crippen MR) is 80.5 cm³/mol. The Morgan fingerprint density at radius 3 is 2.16 bits per heavy atom. The van der Waals surface area contributed by atoms with Crippen LogP contribution < -0.4 is 5.73 Å². The first-order chi connectivity index (χ1) is 8.82. The molecule has 106 valence electrons. The molecular formula is C17H27NO. The lowest BCUT2D eigenvalue weighted by Crippen LogP contribution is -2.48. The number of rotatable bonds is 5. The summed E-state index contributed by atoms with van der Waals surface area (Å²) in [6, 6.07) is 9.07. The van der Waals surface area contributed by atoms with E-state index in [4.69, 9.17) is 10.5 Å². The molecule has 0 spiro atoms. The summed E-state index contributed by atoms with van der Waals surface area (Å²) >= 11 is 0. The minimum atomic E-state index is -0.0968. The molecule has 2 heteroatoms. The minimum Gasteiger partial charge on any atom is -0.379 e. The maximum absolute atomic E-state index is 6.12. The molecule has 0 amide bonds. The average Bonchev–Trinajstić information content (AvgIpc) is 2.26. The molecule has 0 aliphatic carbocycles. The van der Waals surface area contributed by atoms with Gasteiger partial charge in [0.05, 0.1) is 13.2 Å². The van der Waals surface area contributed by atoms with E-state index in [-0.39, 0.29) is 11.0 Å². The highest BCUT2D eigenvalue weighted by molar-refractivity contribution is 5.32. The van der Waals surface area contributed by atoms with Crippen molar-refractivity contribution in [2.45, 2.75) is 57.4 Å². The number of benzene rings is 1. The number of ether oxygens (including phenoxy) is 1. The molecule has 0 saturated carbocycles. The van der Waals surface area contributed by atoms with Crippen molar-refractivity contribution >= 4 is 0 Å². The number of hydrogen-bond acceptors (Lipinski definition) is 2. The summed E-state index contributed by atoms with van der Waals surface area (Å²) in [5, 5.41) is 0. The molecule has 19 heavy (non-hydrogen) atoms. The van der Waals surface area contributed by atoms with E-state index < -0.39 is 0 Å². The van der Waals surface area contributed by atoms with Crippen LogP contribution in [0.25, 0.3) is 0 Å². The normalized spacial score (nSPS) is 18.4. The highest BCUT2D eigenvalue weighted by Gasteiger charge is 2.40.